The Morgan fingerprint density at radius 3 is 2.04 bits per heavy atom. The van der Waals surface area contributed by atoms with E-state index in [0.29, 0.717) is 30.8 Å². The molecule has 0 heterocycles. The molecule has 0 atom stereocenters. The first-order valence-electron chi connectivity index (χ1n) is 8.47. The molecule has 6 nitrogen and oxygen atoms in total. The third kappa shape index (κ3) is 6.40. The number of nitrogens with one attached hydrogen (secondary N) is 3. The van der Waals surface area contributed by atoms with Gasteiger partial charge in [-0.15, -0.1) is 0 Å². The standard InChI is InChI=1S/C18H27N3O3/c1-4-13(5-2)18(24)21-15-9-7-14(8-10-15)17(23)20-12-11-19-16(22)6-3/h7-10,13H,4-6,11-12H2,1-3H3,(H,19,22)(H,20,23)(H,21,24). The van der Waals surface area contributed by atoms with Crippen LogP contribution in [0.25, 0.3) is 0 Å². The Balaban J connectivity index is 2.47. The zero-order valence-electron chi connectivity index (χ0n) is 14.6. The number of benzene rings is 1. The lowest BCUT2D eigenvalue weighted by molar-refractivity contribution is -0.121. The van der Waals surface area contributed by atoms with E-state index in [-0.39, 0.29) is 23.6 Å². The summed E-state index contributed by atoms with van der Waals surface area (Å²) < 4.78 is 0. The molecule has 0 spiro atoms. The summed E-state index contributed by atoms with van der Waals surface area (Å²) in [7, 11) is 0. The summed E-state index contributed by atoms with van der Waals surface area (Å²) in [5.74, 6) is -0.240. The van der Waals surface area contributed by atoms with E-state index < -0.39 is 0 Å². The van der Waals surface area contributed by atoms with Crippen molar-refractivity contribution in [2.24, 2.45) is 5.92 Å². The van der Waals surface area contributed by atoms with E-state index in [4.69, 9.17) is 0 Å². The van der Waals surface area contributed by atoms with Gasteiger partial charge in [0.25, 0.3) is 5.91 Å². The highest BCUT2D eigenvalue weighted by atomic mass is 16.2. The monoisotopic (exact) mass is 333 g/mol. The molecule has 132 valence electrons. The Morgan fingerprint density at radius 2 is 1.50 bits per heavy atom. The molecule has 0 aliphatic heterocycles. The van der Waals surface area contributed by atoms with Crippen molar-refractivity contribution in [3.63, 3.8) is 0 Å². The molecule has 6 heteroatoms. The second-order valence-electron chi connectivity index (χ2n) is 5.54. The molecular formula is C18H27N3O3. The van der Waals surface area contributed by atoms with Crippen molar-refractivity contribution in [1.82, 2.24) is 10.6 Å². The number of carbonyl (C=O) groups excluding carboxylic acids is 3. The lowest BCUT2D eigenvalue weighted by Crippen LogP contribution is -2.34. The minimum Gasteiger partial charge on any atom is -0.354 e. The van der Waals surface area contributed by atoms with E-state index in [2.05, 4.69) is 16.0 Å². The molecule has 0 saturated carbocycles. The van der Waals surface area contributed by atoms with Crippen LogP contribution in [0.5, 0.6) is 0 Å². The van der Waals surface area contributed by atoms with Crippen molar-refractivity contribution >= 4 is 23.4 Å². The Kier molecular flexibility index (Phi) is 8.54. The Bertz CT molecular complexity index is 551. The summed E-state index contributed by atoms with van der Waals surface area (Å²) in [6.07, 6.45) is 2.03. The number of hydrogen-bond acceptors (Lipinski definition) is 3. The largest absolute Gasteiger partial charge is 0.354 e. The highest BCUT2D eigenvalue weighted by Gasteiger charge is 2.14. The number of amides is 3. The molecule has 0 bridgehead atoms. The SMILES string of the molecule is CCC(=O)NCCNC(=O)c1ccc(NC(=O)C(CC)CC)cc1. The van der Waals surface area contributed by atoms with E-state index >= 15 is 0 Å². The minimum absolute atomic E-state index is 0.00358. The maximum atomic E-state index is 12.0. The van der Waals surface area contributed by atoms with Crippen molar-refractivity contribution in [3.8, 4) is 0 Å². The number of rotatable bonds is 9. The Morgan fingerprint density at radius 1 is 0.917 bits per heavy atom. The van der Waals surface area contributed by atoms with E-state index in [0.717, 1.165) is 12.8 Å². The molecule has 0 aliphatic rings. The van der Waals surface area contributed by atoms with Crippen LogP contribution in [0.2, 0.25) is 0 Å². The van der Waals surface area contributed by atoms with Crippen LogP contribution in [0.1, 0.15) is 50.4 Å². The molecule has 0 radical (unpaired) electrons. The van der Waals surface area contributed by atoms with Crippen LogP contribution in [-0.4, -0.2) is 30.8 Å². The van der Waals surface area contributed by atoms with Crippen LogP contribution in [0.15, 0.2) is 24.3 Å². The average molecular weight is 333 g/mol. The Labute approximate surface area is 143 Å². The fourth-order valence-corrected chi connectivity index (χ4v) is 2.21. The molecule has 1 rings (SSSR count). The Hall–Kier alpha value is -2.37. The zero-order chi connectivity index (χ0) is 17.9. The van der Waals surface area contributed by atoms with Gasteiger partial charge in [-0.1, -0.05) is 20.8 Å². The maximum Gasteiger partial charge on any atom is 0.251 e. The molecule has 0 unspecified atom stereocenters. The maximum absolute atomic E-state index is 12.0. The lowest BCUT2D eigenvalue weighted by atomic mass is 10.0. The number of carbonyl (C=O) groups is 3. The molecule has 1 aromatic carbocycles. The van der Waals surface area contributed by atoms with Crippen molar-refractivity contribution in [3.05, 3.63) is 29.8 Å². The van der Waals surface area contributed by atoms with Gasteiger partial charge in [-0.05, 0) is 37.1 Å². The summed E-state index contributed by atoms with van der Waals surface area (Å²) in [5.41, 5.74) is 1.19. The van der Waals surface area contributed by atoms with Gasteiger partial charge < -0.3 is 16.0 Å². The number of anilines is 1. The van der Waals surface area contributed by atoms with Gasteiger partial charge in [0.1, 0.15) is 0 Å². The van der Waals surface area contributed by atoms with Crippen LogP contribution in [0, 0.1) is 5.92 Å². The van der Waals surface area contributed by atoms with Gasteiger partial charge in [0.2, 0.25) is 11.8 Å². The van der Waals surface area contributed by atoms with Gasteiger partial charge in [-0.3, -0.25) is 14.4 Å². The third-order valence-corrected chi connectivity index (χ3v) is 3.82. The topological polar surface area (TPSA) is 87.3 Å². The van der Waals surface area contributed by atoms with Gasteiger partial charge in [-0.25, -0.2) is 0 Å². The van der Waals surface area contributed by atoms with Gasteiger partial charge >= 0.3 is 0 Å². The molecular weight excluding hydrogens is 306 g/mol. The van der Waals surface area contributed by atoms with Crippen LogP contribution >= 0.6 is 0 Å². The lowest BCUT2D eigenvalue weighted by Gasteiger charge is -2.13. The first kappa shape index (κ1) is 19.7. The van der Waals surface area contributed by atoms with Crippen molar-refractivity contribution in [2.75, 3.05) is 18.4 Å². The van der Waals surface area contributed by atoms with Gasteiger partial charge in [0, 0.05) is 36.7 Å². The average Bonchev–Trinajstić information content (AvgIpc) is 2.60. The summed E-state index contributed by atoms with van der Waals surface area (Å²) in [4.78, 5) is 35.1. The molecule has 0 aliphatic carbocycles. The van der Waals surface area contributed by atoms with Crippen molar-refractivity contribution < 1.29 is 14.4 Å². The normalized spacial score (nSPS) is 10.3. The third-order valence-electron chi connectivity index (χ3n) is 3.82. The summed E-state index contributed by atoms with van der Waals surface area (Å²) in [6, 6.07) is 6.77. The quantitative estimate of drug-likeness (QED) is 0.606. The van der Waals surface area contributed by atoms with Crippen LogP contribution in [0.3, 0.4) is 0 Å². The van der Waals surface area contributed by atoms with E-state index in [1.54, 1.807) is 31.2 Å². The van der Waals surface area contributed by atoms with E-state index in [9.17, 15) is 14.4 Å². The molecule has 0 fully saturated rings. The van der Waals surface area contributed by atoms with Crippen LogP contribution in [0.4, 0.5) is 5.69 Å². The predicted molar refractivity (Wildman–Crippen MR) is 94.8 cm³/mol. The highest BCUT2D eigenvalue weighted by Crippen LogP contribution is 2.14. The fourth-order valence-electron chi connectivity index (χ4n) is 2.21. The zero-order valence-corrected chi connectivity index (χ0v) is 14.6. The predicted octanol–water partition coefficient (Wildman–Crippen LogP) is 2.32. The van der Waals surface area contributed by atoms with Gasteiger partial charge in [0.15, 0.2) is 0 Å². The molecule has 3 amide bonds. The van der Waals surface area contributed by atoms with Crippen molar-refractivity contribution in [2.45, 2.75) is 40.0 Å². The molecule has 3 N–H and O–H groups in total. The molecule has 24 heavy (non-hydrogen) atoms. The molecule has 0 aromatic heterocycles. The van der Waals surface area contributed by atoms with Crippen LogP contribution < -0.4 is 16.0 Å². The smallest absolute Gasteiger partial charge is 0.251 e. The molecule has 0 saturated heterocycles. The first-order chi connectivity index (χ1) is 11.5. The van der Waals surface area contributed by atoms with E-state index in [1.807, 2.05) is 13.8 Å². The summed E-state index contributed by atoms with van der Waals surface area (Å²) in [6.45, 7) is 6.53. The minimum atomic E-state index is -0.210. The first-order valence-corrected chi connectivity index (χ1v) is 8.47. The van der Waals surface area contributed by atoms with Gasteiger partial charge in [-0.2, -0.15) is 0 Å². The second kappa shape index (κ2) is 10.4. The second-order valence-corrected chi connectivity index (χ2v) is 5.54. The van der Waals surface area contributed by atoms with Crippen LogP contribution in [-0.2, 0) is 9.59 Å². The fraction of sp³-hybridized carbons (Fsp3) is 0.500. The molecule has 1 aromatic rings. The van der Waals surface area contributed by atoms with Gasteiger partial charge in [0.05, 0.1) is 0 Å². The highest BCUT2D eigenvalue weighted by molar-refractivity contribution is 5.96. The summed E-state index contributed by atoms with van der Waals surface area (Å²) >= 11 is 0. The van der Waals surface area contributed by atoms with E-state index in [1.165, 1.54) is 0 Å². The summed E-state index contributed by atoms with van der Waals surface area (Å²) in [5, 5.41) is 8.29. The van der Waals surface area contributed by atoms with Crippen molar-refractivity contribution in [1.29, 1.82) is 0 Å². The number of hydrogen-bond donors (Lipinski definition) is 3.